The Bertz CT molecular complexity index is 1170. The van der Waals surface area contributed by atoms with Gasteiger partial charge < -0.3 is 9.15 Å². The standard InChI is InChI=1S/C22H23N3O5S/c1-16-10-11-18(31(27,28)25-12-6-3-7-13-25)14-19(16)22(26)29-15-20-23-24-21(30-20)17-8-4-2-5-9-17/h2,4-5,8-11,14H,3,6-7,12-13,15H2,1H3. The number of ether oxygens (including phenoxy) is 1. The van der Waals surface area contributed by atoms with Gasteiger partial charge in [-0.2, -0.15) is 4.31 Å². The van der Waals surface area contributed by atoms with Crippen LogP contribution in [0.5, 0.6) is 0 Å². The van der Waals surface area contributed by atoms with Crippen LogP contribution in [0.25, 0.3) is 11.5 Å². The Morgan fingerprint density at radius 1 is 1.06 bits per heavy atom. The monoisotopic (exact) mass is 441 g/mol. The van der Waals surface area contributed by atoms with E-state index < -0.39 is 16.0 Å². The lowest BCUT2D eigenvalue weighted by Crippen LogP contribution is -2.35. The molecule has 0 N–H and O–H groups in total. The van der Waals surface area contributed by atoms with Gasteiger partial charge >= 0.3 is 5.97 Å². The number of benzene rings is 2. The maximum Gasteiger partial charge on any atom is 0.338 e. The Morgan fingerprint density at radius 3 is 2.55 bits per heavy atom. The van der Waals surface area contributed by atoms with Crippen molar-refractivity contribution in [2.24, 2.45) is 0 Å². The zero-order valence-electron chi connectivity index (χ0n) is 17.2. The molecule has 1 saturated heterocycles. The molecule has 0 bridgehead atoms. The number of piperidine rings is 1. The van der Waals surface area contributed by atoms with Crippen molar-refractivity contribution in [3.05, 3.63) is 65.5 Å². The average molecular weight is 442 g/mol. The topological polar surface area (TPSA) is 103 Å². The second-order valence-corrected chi connectivity index (χ2v) is 9.32. The Hall–Kier alpha value is -3.04. The van der Waals surface area contributed by atoms with Crippen molar-refractivity contribution in [1.29, 1.82) is 0 Å². The summed E-state index contributed by atoms with van der Waals surface area (Å²) < 4.78 is 38.2. The second-order valence-electron chi connectivity index (χ2n) is 7.38. The molecule has 0 saturated carbocycles. The van der Waals surface area contributed by atoms with E-state index in [0.717, 1.165) is 24.8 Å². The van der Waals surface area contributed by atoms with Crippen molar-refractivity contribution in [2.75, 3.05) is 13.1 Å². The summed E-state index contributed by atoms with van der Waals surface area (Å²) in [4.78, 5) is 12.7. The van der Waals surface area contributed by atoms with E-state index in [-0.39, 0.29) is 23.0 Å². The first-order valence-corrected chi connectivity index (χ1v) is 11.5. The Kier molecular flexibility index (Phi) is 6.15. The van der Waals surface area contributed by atoms with Crippen LogP contribution >= 0.6 is 0 Å². The minimum atomic E-state index is -3.64. The normalized spacial score (nSPS) is 15.0. The van der Waals surface area contributed by atoms with E-state index in [1.54, 1.807) is 13.0 Å². The molecule has 4 rings (SSSR count). The number of sulfonamides is 1. The van der Waals surface area contributed by atoms with E-state index >= 15 is 0 Å². The highest BCUT2D eigenvalue weighted by Gasteiger charge is 2.27. The van der Waals surface area contributed by atoms with Crippen LogP contribution in [-0.2, 0) is 21.4 Å². The third kappa shape index (κ3) is 4.67. The number of rotatable bonds is 6. The molecular formula is C22H23N3O5S. The van der Waals surface area contributed by atoms with Crippen LogP contribution in [-0.4, -0.2) is 42.0 Å². The number of carbonyl (C=O) groups excluding carboxylic acids is 1. The van der Waals surface area contributed by atoms with E-state index in [1.165, 1.54) is 16.4 Å². The van der Waals surface area contributed by atoms with E-state index in [2.05, 4.69) is 10.2 Å². The van der Waals surface area contributed by atoms with Crippen molar-refractivity contribution in [3.63, 3.8) is 0 Å². The zero-order chi connectivity index (χ0) is 21.8. The summed E-state index contributed by atoms with van der Waals surface area (Å²) >= 11 is 0. The molecule has 1 aliphatic rings. The molecule has 1 aromatic heterocycles. The molecule has 0 aliphatic carbocycles. The van der Waals surface area contributed by atoms with Crippen LogP contribution in [0.1, 0.15) is 41.1 Å². The third-order valence-electron chi connectivity index (χ3n) is 5.20. The fraction of sp³-hybridized carbons (Fsp3) is 0.318. The lowest BCUT2D eigenvalue weighted by atomic mass is 10.1. The lowest BCUT2D eigenvalue weighted by Gasteiger charge is -2.26. The van der Waals surface area contributed by atoms with Crippen molar-refractivity contribution in [1.82, 2.24) is 14.5 Å². The summed E-state index contributed by atoms with van der Waals surface area (Å²) in [5, 5.41) is 7.86. The van der Waals surface area contributed by atoms with Gasteiger partial charge in [0.05, 0.1) is 10.5 Å². The summed E-state index contributed by atoms with van der Waals surface area (Å²) in [7, 11) is -3.64. The molecule has 8 nitrogen and oxygen atoms in total. The predicted molar refractivity (Wildman–Crippen MR) is 113 cm³/mol. The van der Waals surface area contributed by atoms with E-state index in [9.17, 15) is 13.2 Å². The summed E-state index contributed by atoms with van der Waals surface area (Å²) in [5.74, 6) is -0.160. The van der Waals surface area contributed by atoms with Crippen molar-refractivity contribution < 1.29 is 22.4 Å². The first kappa shape index (κ1) is 21.2. The fourth-order valence-corrected chi connectivity index (χ4v) is 4.99. The molecule has 0 amide bonds. The molecule has 2 aromatic carbocycles. The number of hydrogen-bond acceptors (Lipinski definition) is 7. The van der Waals surface area contributed by atoms with Crippen LogP contribution < -0.4 is 0 Å². The zero-order valence-corrected chi connectivity index (χ0v) is 18.0. The minimum Gasteiger partial charge on any atom is -0.452 e. The van der Waals surface area contributed by atoms with Crippen LogP contribution in [0.15, 0.2) is 57.8 Å². The largest absolute Gasteiger partial charge is 0.452 e. The molecule has 0 spiro atoms. The SMILES string of the molecule is Cc1ccc(S(=O)(=O)N2CCCCC2)cc1C(=O)OCc1nnc(-c2ccccc2)o1. The molecule has 0 atom stereocenters. The maximum atomic E-state index is 12.9. The van der Waals surface area contributed by atoms with Gasteiger partial charge in [-0.15, -0.1) is 10.2 Å². The number of nitrogens with zero attached hydrogens (tertiary/aromatic N) is 3. The third-order valence-corrected chi connectivity index (χ3v) is 7.09. The number of carbonyl (C=O) groups is 1. The first-order valence-electron chi connectivity index (χ1n) is 10.1. The number of hydrogen-bond donors (Lipinski definition) is 0. The maximum absolute atomic E-state index is 12.9. The number of aromatic nitrogens is 2. The molecule has 1 fully saturated rings. The first-order chi connectivity index (χ1) is 14.9. The number of aryl methyl sites for hydroxylation is 1. The molecule has 0 unspecified atom stereocenters. The molecule has 31 heavy (non-hydrogen) atoms. The van der Waals surface area contributed by atoms with Gasteiger partial charge in [0.25, 0.3) is 5.89 Å². The quantitative estimate of drug-likeness (QED) is 0.539. The van der Waals surface area contributed by atoms with Crippen molar-refractivity contribution >= 4 is 16.0 Å². The highest BCUT2D eigenvalue weighted by atomic mass is 32.2. The van der Waals surface area contributed by atoms with Crippen LogP contribution in [0.4, 0.5) is 0 Å². The highest BCUT2D eigenvalue weighted by molar-refractivity contribution is 7.89. The predicted octanol–water partition coefficient (Wildman–Crippen LogP) is 3.58. The molecule has 3 aromatic rings. The summed E-state index contributed by atoms with van der Waals surface area (Å²) in [6, 6.07) is 13.8. The Morgan fingerprint density at radius 2 is 1.81 bits per heavy atom. The van der Waals surface area contributed by atoms with Gasteiger partial charge in [-0.25, -0.2) is 13.2 Å². The van der Waals surface area contributed by atoms with E-state index in [0.29, 0.717) is 24.5 Å². The number of esters is 1. The average Bonchev–Trinajstić information content (AvgIpc) is 3.28. The van der Waals surface area contributed by atoms with Crippen LogP contribution in [0.3, 0.4) is 0 Å². The van der Waals surface area contributed by atoms with Crippen molar-refractivity contribution in [2.45, 2.75) is 37.7 Å². The molecule has 162 valence electrons. The highest BCUT2D eigenvalue weighted by Crippen LogP contribution is 2.24. The second kappa shape index (κ2) is 8.99. The summed E-state index contributed by atoms with van der Waals surface area (Å²) in [6.07, 6.45) is 2.71. The van der Waals surface area contributed by atoms with Gasteiger partial charge in [-0.1, -0.05) is 30.7 Å². The molecule has 1 aliphatic heterocycles. The van der Waals surface area contributed by atoms with Gasteiger partial charge in [0.1, 0.15) is 0 Å². The van der Waals surface area contributed by atoms with Gasteiger partial charge in [0.2, 0.25) is 15.9 Å². The molecule has 2 heterocycles. The van der Waals surface area contributed by atoms with E-state index in [4.69, 9.17) is 9.15 Å². The Labute approximate surface area is 180 Å². The van der Waals surface area contributed by atoms with Gasteiger partial charge in [-0.05, 0) is 49.6 Å². The minimum absolute atomic E-state index is 0.0936. The summed E-state index contributed by atoms with van der Waals surface area (Å²) in [6.45, 7) is 2.52. The van der Waals surface area contributed by atoms with Crippen LogP contribution in [0, 0.1) is 6.92 Å². The fourth-order valence-electron chi connectivity index (χ4n) is 3.45. The van der Waals surface area contributed by atoms with Gasteiger partial charge in [-0.3, -0.25) is 0 Å². The van der Waals surface area contributed by atoms with Crippen LogP contribution in [0.2, 0.25) is 0 Å². The molecular weight excluding hydrogens is 418 g/mol. The van der Waals surface area contributed by atoms with Gasteiger partial charge in [0, 0.05) is 18.7 Å². The van der Waals surface area contributed by atoms with Gasteiger partial charge in [0.15, 0.2) is 6.61 Å². The Balaban J connectivity index is 1.47. The molecule has 0 radical (unpaired) electrons. The van der Waals surface area contributed by atoms with E-state index in [1.807, 2.05) is 30.3 Å². The summed E-state index contributed by atoms with van der Waals surface area (Å²) in [5.41, 5.74) is 1.58. The lowest BCUT2D eigenvalue weighted by molar-refractivity contribution is 0.0437. The van der Waals surface area contributed by atoms with Crippen molar-refractivity contribution in [3.8, 4) is 11.5 Å². The molecule has 9 heteroatoms. The smallest absolute Gasteiger partial charge is 0.338 e.